The topological polar surface area (TPSA) is 67.4 Å². The van der Waals surface area contributed by atoms with Crippen LogP contribution in [0.25, 0.3) is 0 Å². The van der Waals surface area contributed by atoms with Crippen molar-refractivity contribution >= 4 is 29.9 Å². The number of aliphatic imine (C=N–C) groups is 1. The maximum absolute atomic E-state index is 5.93. The van der Waals surface area contributed by atoms with Crippen molar-refractivity contribution in [3.8, 4) is 5.75 Å². The average molecular weight is 534 g/mol. The summed E-state index contributed by atoms with van der Waals surface area (Å²) >= 11 is 0. The monoisotopic (exact) mass is 534 g/mol. The molecule has 1 saturated heterocycles. The molecule has 1 aromatic rings. The molecule has 0 spiro atoms. The number of benzene rings is 1. The van der Waals surface area contributed by atoms with Gasteiger partial charge in [0.1, 0.15) is 12.4 Å². The van der Waals surface area contributed by atoms with Crippen molar-refractivity contribution in [3.05, 3.63) is 29.3 Å². The van der Waals surface area contributed by atoms with Gasteiger partial charge < -0.3 is 24.8 Å². The summed E-state index contributed by atoms with van der Waals surface area (Å²) in [5, 5.41) is 6.84. The first-order valence-electron chi connectivity index (χ1n) is 10.7. The van der Waals surface area contributed by atoms with Gasteiger partial charge in [-0.15, -0.1) is 24.0 Å². The number of guanidine groups is 1. The number of nitrogens with zero attached hydrogens (tertiary/aromatic N) is 2. The largest absolute Gasteiger partial charge is 0.491 e. The molecular weight excluding hydrogens is 495 g/mol. The molecule has 0 aromatic heterocycles. The third-order valence-electron chi connectivity index (χ3n) is 4.87. The first kappa shape index (κ1) is 26.9. The maximum atomic E-state index is 5.93. The highest BCUT2D eigenvalue weighted by atomic mass is 127. The fourth-order valence-electron chi connectivity index (χ4n) is 3.26. The zero-order chi connectivity index (χ0) is 20.9. The summed E-state index contributed by atoms with van der Waals surface area (Å²) in [5.74, 6) is 2.23. The highest BCUT2D eigenvalue weighted by Gasteiger charge is 2.14. The van der Waals surface area contributed by atoms with E-state index in [2.05, 4.69) is 52.6 Å². The Morgan fingerprint density at radius 1 is 1.23 bits per heavy atom. The molecule has 30 heavy (non-hydrogen) atoms. The van der Waals surface area contributed by atoms with Gasteiger partial charge in [0.2, 0.25) is 0 Å². The number of ether oxygens (including phenoxy) is 3. The zero-order valence-electron chi connectivity index (χ0n) is 18.9. The summed E-state index contributed by atoms with van der Waals surface area (Å²) in [5.41, 5.74) is 2.29. The second-order valence-electron chi connectivity index (χ2n) is 7.48. The molecule has 0 saturated carbocycles. The van der Waals surface area contributed by atoms with E-state index < -0.39 is 0 Å². The molecule has 0 bridgehead atoms. The second kappa shape index (κ2) is 15.7. The van der Waals surface area contributed by atoms with Gasteiger partial charge in [-0.25, -0.2) is 0 Å². The normalized spacial score (nSPS) is 15.9. The van der Waals surface area contributed by atoms with Gasteiger partial charge in [-0.05, 0) is 31.4 Å². The standard InChI is InChI=1S/C22H38N4O3.HI/c1-5-27-12-13-29-21-14-18(2)6-7-20(21)16-25-22(23-4)24-15-19(3)17-26-8-10-28-11-9-26;/h6-7,14,19H,5,8-13,15-17H2,1-4H3,(H2,23,24,25);1H. The van der Waals surface area contributed by atoms with E-state index in [4.69, 9.17) is 14.2 Å². The first-order chi connectivity index (χ1) is 14.1. The fourth-order valence-corrected chi connectivity index (χ4v) is 3.26. The molecule has 1 aliphatic rings. The lowest BCUT2D eigenvalue weighted by atomic mass is 10.1. The van der Waals surface area contributed by atoms with E-state index in [1.165, 1.54) is 5.56 Å². The lowest BCUT2D eigenvalue weighted by molar-refractivity contribution is 0.0320. The molecule has 1 heterocycles. The number of morpholine rings is 1. The Balaban J connectivity index is 0.00000450. The van der Waals surface area contributed by atoms with E-state index in [1.807, 2.05) is 6.92 Å². The summed E-state index contributed by atoms with van der Waals surface area (Å²) in [4.78, 5) is 6.82. The minimum Gasteiger partial charge on any atom is -0.491 e. The van der Waals surface area contributed by atoms with E-state index >= 15 is 0 Å². The smallest absolute Gasteiger partial charge is 0.191 e. The molecule has 0 radical (unpaired) electrons. The van der Waals surface area contributed by atoms with Crippen LogP contribution >= 0.6 is 24.0 Å². The number of hydrogen-bond acceptors (Lipinski definition) is 5. The summed E-state index contributed by atoms with van der Waals surface area (Å²) in [6, 6.07) is 6.28. The Bertz CT molecular complexity index is 624. The van der Waals surface area contributed by atoms with Gasteiger partial charge in [0.25, 0.3) is 0 Å². The van der Waals surface area contributed by atoms with Crippen molar-refractivity contribution in [1.29, 1.82) is 0 Å². The molecular formula is C22H39IN4O3. The van der Waals surface area contributed by atoms with Crippen LogP contribution in [0.15, 0.2) is 23.2 Å². The molecule has 0 amide bonds. The molecule has 0 aliphatic carbocycles. The molecule has 1 fully saturated rings. The SMILES string of the molecule is CCOCCOc1cc(C)ccc1CNC(=NC)NCC(C)CN1CCOCC1.I. The van der Waals surface area contributed by atoms with Crippen molar-refractivity contribution in [1.82, 2.24) is 15.5 Å². The van der Waals surface area contributed by atoms with Gasteiger partial charge in [-0.1, -0.05) is 19.1 Å². The van der Waals surface area contributed by atoms with E-state index in [0.29, 0.717) is 32.3 Å². The molecule has 7 nitrogen and oxygen atoms in total. The van der Waals surface area contributed by atoms with Crippen LogP contribution in [0.2, 0.25) is 0 Å². The average Bonchev–Trinajstić information content (AvgIpc) is 2.73. The molecule has 1 aliphatic heterocycles. The van der Waals surface area contributed by atoms with Crippen LogP contribution in [-0.2, 0) is 16.0 Å². The highest BCUT2D eigenvalue weighted by Crippen LogP contribution is 2.20. The third-order valence-corrected chi connectivity index (χ3v) is 4.87. The first-order valence-corrected chi connectivity index (χ1v) is 10.7. The van der Waals surface area contributed by atoms with Crippen LogP contribution in [0.5, 0.6) is 5.75 Å². The molecule has 8 heteroatoms. The quantitative estimate of drug-likeness (QED) is 0.197. The minimum atomic E-state index is 0. The van der Waals surface area contributed by atoms with Crippen molar-refractivity contribution in [2.45, 2.75) is 27.3 Å². The van der Waals surface area contributed by atoms with E-state index in [9.17, 15) is 0 Å². The van der Waals surface area contributed by atoms with Crippen LogP contribution in [0.4, 0.5) is 0 Å². The number of nitrogens with one attached hydrogen (secondary N) is 2. The highest BCUT2D eigenvalue weighted by molar-refractivity contribution is 14.0. The zero-order valence-corrected chi connectivity index (χ0v) is 21.2. The van der Waals surface area contributed by atoms with Crippen LogP contribution in [0.3, 0.4) is 0 Å². The molecule has 172 valence electrons. The molecule has 1 aromatic carbocycles. The maximum Gasteiger partial charge on any atom is 0.191 e. The van der Waals surface area contributed by atoms with Gasteiger partial charge >= 0.3 is 0 Å². The Morgan fingerprint density at radius 2 is 2.00 bits per heavy atom. The Morgan fingerprint density at radius 3 is 2.70 bits per heavy atom. The Hall–Kier alpha value is -1.10. The van der Waals surface area contributed by atoms with Crippen molar-refractivity contribution in [2.24, 2.45) is 10.9 Å². The van der Waals surface area contributed by atoms with Gasteiger partial charge in [0, 0.05) is 51.9 Å². The van der Waals surface area contributed by atoms with Gasteiger partial charge in [-0.2, -0.15) is 0 Å². The second-order valence-corrected chi connectivity index (χ2v) is 7.48. The predicted molar refractivity (Wildman–Crippen MR) is 133 cm³/mol. The lowest BCUT2D eigenvalue weighted by Crippen LogP contribution is -2.43. The van der Waals surface area contributed by atoms with Crippen molar-refractivity contribution in [3.63, 3.8) is 0 Å². The minimum absolute atomic E-state index is 0. The van der Waals surface area contributed by atoms with Gasteiger partial charge in [0.15, 0.2) is 5.96 Å². The summed E-state index contributed by atoms with van der Waals surface area (Å²) < 4.78 is 16.7. The number of rotatable bonds is 11. The van der Waals surface area contributed by atoms with E-state index in [-0.39, 0.29) is 24.0 Å². The van der Waals surface area contributed by atoms with Crippen LogP contribution in [0.1, 0.15) is 25.0 Å². The van der Waals surface area contributed by atoms with Crippen LogP contribution in [0, 0.1) is 12.8 Å². The van der Waals surface area contributed by atoms with Crippen LogP contribution in [-0.4, -0.2) is 77.1 Å². The van der Waals surface area contributed by atoms with Gasteiger partial charge in [0.05, 0.1) is 19.8 Å². The molecule has 2 N–H and O–H groups in total. The van der Waals surface area contributed by atoms with Crippen LogP contribution < -0.4 is 15.4 Å². The summed E-state index contributed by atoms with van der Waals surface area (Å²) in [6.45, 7) is 14.5. The lowest BCUT2D eigenvalue weighted by Gasteiger charge is -2.29. The summed E-state index contributed by atoms with van der Waals surface area (Å²) in [7, 11) is 1.80. The molecule has 2 rings (SSSR count). The Labute approximate surface area is 199 Å². The van der Waals surface area contributed by atoms with Crippen molar-refractivity contribution < 1.29 is 14.2 Å². The Kier molecular flexibility index (Phi) is 14.1. The fraction of sp³-hybridized carbons (Fsp3) is 0.682. The molecule has 1 unspecified atom stereocenters. The predicted octanol–water partition coefficient (Wildman–Crippen LogP) is 2.66. The van der Waals surface area contributed by atoms with E-state index in [1.54, 1.807) is 7.05 Å². The third kappa shape index (κ3) is 10.3. The van der Waals surface area contributed by atoms with E-state index in [0.717, 1.165) is 56.7 Å². The molecule has 1 atom stereocenters. The van der Waals surface area contributed by atoms with Crippen molar-refractivity contribution in [2.75, 3.05) is 66.3 Å². The van der Waals surface area contributed by atoms with Gasteiger partial charge in [-0.3, -0.25) is 9.89 Å². The number of hydrogen-bond donors (Lipinski definition) is 2. The number of aryl methyl sites for hydroxylation is 1. The summed E-state index contributed by atoms with van der Waals surface area (Å²) in [6.07, 6.45) is 0. The number of halogens is 1.